The van der Waals surface area contributed by atoms with E-state index in [1.165, 1.54) is 19.5 Å². The minimum absolute atomic E-state index is 0.812. The summed E-state index contributed by atoms with van der Waals surface area (Å²) in [6.07, 6.45) is 2.34. The summed E-state index contributed by atoms with van der Waals surface area (Å²) < 4.78 is 0. The number of anilines is 4. The lowest BCUT2D eigenvalue weighted by atomic mass is 10.3. The number of rotatable bonds is 9. The Morgan fingerprint density at radius 1 is 0.769 bits per heavy atom. The van der Waals surface area contributed by atoms with Crippen LogP contribution in [0.4, 0.5) is 22.7 Å². The second-order valence-electron chi connectivity index (χ2n) is 6.51. The number of benzene rings is 2. The van der Waals surface area contributed by atoms with Gasteiger partial charge in [0.2, 0.25) is 0 Å². The van der Waals surface area contributed by atoms with Crippen molar-refractivity contribution in [2.75, 3.05) is 55.3 Å². The van der Waals surface area contributed by atoms with Crippen molar-refractivity contribution in [3.63, 3.8) is 0 Å². The molecule has 0 amide bonds. The fraction of sp³-hybridized carbons (Fsp3) is 0.429. The first-order valence-electron chi connectivity index (χ1n) is 9.55. The van der Waals surface area contributed by atoms with E-state index >= 15 is 0 Å². The summed E-state index contributed by atoms with van der Waals surface area (Å²) in [5, 5.41) is 6.65. The van der Waals surface area contributed by atoms with Crippen molar-refractivity contribution in [2.45, 2.75) is 26.7 Å². The van der Waals surface area contributed by atoms with Gasteiger partial charge >= 0.3 is 0 Å². The lowest BCUT2D eigenvalue weighted by Crippen LogP contribution is -3.08. The standard InChI is InChI=1S/C12H21N3.C9H14N2/c1-3-15(2)10-4-9-14-12-7-5-11(13)6-8-12;1-2-7-11-9-5-3-8(10)4-6-9/h5-8,14H,3-4,9-10,13H2,1-2H3;3-6,11H,2,7,10H2,1H3/p+1. The van der Waals surface area contributed by atoms with Crippen LogP contribution in [0.2, 0.25) is 0 Å². The van der Waals surface area contributed by atoms with E-state index in [0.29, 0.717) is 0 Å². The lowest BCUT2D eigenvalue weighted by Gasteiger charge is -2.11. The minimum atomic E-state index is 0.812. The molecule has 0 heterocycles. The monoisotopic (exact) mass is 358 g/mol. The maximum Gasteiger partial charge on any atom is 0.0785 e. The Kier molecular flexibility index (Phi) is 10.7. The molecule has 5 nitrogen and oxygen atoms in total. The van der Waals surface area contributed by atoms with Gasteiger partial charge in [-0.05, 0) is 61.9 Å². The third-order valence-corrected chi connectivity index (χ3v) is 4.11. The molecule has 0 bridgehead atoms. The number of nitrogens with one attached hydrogen (secondary N) is 3. The summed E-state index contributed by atoms with van der Waals surface area (Å²) in [7, 11) is 2.23. The van der Waals surface area contributed by atoms with Crippen LogP contribution >= 0.6 is 0 Å². The Labute approximate surface area is 158 Å². The summed E-state index contributed by atoms with van der Waals surface area (Å²) >= 11 is 0. The van der Waals surface area contributed by atoms with Crippen LogP contribution in [0.3, 0.4) is 0 Å². The van der Waals surface area contributed by atoms with Crippen LogP contribution in [0.5, 0.6) is 0 Å². The largest absolute Gasteiger partial charge is 0.399 e. The zero-order chi connectivity index (χ0) is 19.2. The van der Waals surface area contributed by atoms with Crippen LogP contribution in [-0.2, 0) is 0 Å². The number of hydrogen-bond donors (Lipinski definition) is 5. The lowest BCUT2D eigenvalue weighted by molar-refractivity contribution is -0.877. The van der Waals surface area contributed by atoms with Crippen LogP contribution in [0.15, 0.2) is 48.5 Å². The minimum Gasteiger partial charge on any atom is -0.399 e. The smallest absolute Gasteiger partial charge is 0.0785 e. The van der Waals surface area contributed by atoms with Crippen LogP contribution in [0.25, 0.3) is 0 Å². The van der Waals surface area contributed by atoms with Gasteiger partial charge in [-0.3, -0.25) is 0 Å². The maximum absolute atomic E-state index is 5.61. The first-order chi connectivity index (χ1) is 12.5. The van der Waals surface area contributed by atoms with Crippen molar-refractivity contribution in [1.29, 1.82) is 0 Å². The Bertz CT molecular complexity index is 580. The van der Waals surface area contributed by atoms with Crippen LogP contribution in [0, 0.1) is 0 Å². The van der Waals surface area contributed by atoms with Gasteiger partial charge < -0.3 is 27.0 Å². The van der Waals surface area contributed by atoms with Crippen molar-refractivity contribution >= 4 is 22.7 Å². The number of quaternary nitrogens is 1. The predicted molar refractivity (Wildman–Crippen MR) is 116 cm³/mol. The van der Waals surface area contributed by atoms with E-state index in [-0.39, 0.29) is 0 Å². The first-order valence-corrected chi connectivity index (χ1v) is 9.55. The SMILES string of the molecule is CCCNc1ccc(N)cc1.CC[NH+](C)CCCNc1ccc(N)cc1. The molecule has 0 saturated carbocycles. The van der Waals surface area contributed by atoms with Gasteiger partial charge in [0.25, 0.3) is 0 Å². The zero-order valence-electron chi connectivity index (χ0n) is 16.5. The molecule has 0 aliphatic heterocycles. The Hall–Kier alpha value is -2.40. The molecule has 0 aliphatic carbocycles. The van der Waals surface area contributed by atoms with Crippen molar-refractivity contribution < 1.29 is 4.90 Å². The number of hydrogen-bond acceptors (Lipinski definition) is 4. The van der Waals surface area contributed by atoms with Crippen LogP contribution < -0.4 is 27.0 Å². The van der Waals surface area contributed by atoms with Crippen LogP contribution in [0.1, 0.15) is 26.7 Å². The summed E-state index contributed by atoms with van der Waals surface area (Å²) in [6, 6.07) is 15.7. The molecule has 2 aromatic rings. The van der Waals surface area contributed by atoms with Crippen molar-refractivity contribution in [2.24, 2.45) is 0 Å². The zero-order valence-corrected chi connectivity index (χ0v) is 16.5. The summed E-state index contributed by atoms with van der Waals surface area (Å²) in [6.45, 7) is 8.82. The highest BCUT2D eigenvalue weighted by atomic mass is 15.1. The van der Waals surface area contributed by atoms with E-state index in [1.54, 1.807) is 4.90 Å². The number of nitrogen functional groups attached to an aromatic ring is 2. The van der Waals surface area contributed by atoms with Gasteiger partial charge in [-0.15, -0.1) is 0 Å². The second-order valence-corrected chi connectivity index (χ2v) is 6.51. The Morgan fingerprint density at radius 3 is 1.65 bits per heavy atom. The molecule has 0 aliphatic rings. The molecule has 5 heteroatoms. The molecule has 0 radical (unpaired) electrons. The highest BCUT2D eigenvalue weighted by Crippen LogP contribution is 2.10. The Morgan fingerprint density at radius 2 is 1.23 bits per heavy atom. The molecule has 0 fully saturated rings. The van der Waals surface area contributed by atoms with E-state index in [0.717, 1.165) is 42.3 Å². The van der Waals surface area contributed by atoms with E-state index in [4.69, 9.17) is 11.5 Å². The van der Waals surface area contributed by atoms with Crippen molar-refractivity contribution in [3.05, 3.63) is 48.5 Å². The molecule has 7 N–H and O–H groups in total. The van der Waals surface area contributed by atoms with Crippen molar-refractivity contribution in [3.8, 4) is 0 Å². The fourth-order valence-electron chi connectivity index (χ4n) is 2.27. The molecular weight excluding hydrogens is 322 g/mol. The van der Waals surface area contributed by atoms with Gasteiger partial charge in [-0.1, -0.05) is 6.92 Å². The Balaban J connectivity index is 0.000000273. The van der Waals surface area contributed by atoms with Gasteiger partial charge in [-0.25, -0.2) is 0 Å². The fourth-order valence-corrected chi connectivity index (χ4v) is 2.27. The average Bonchev–Trinajstić information content (AvgIpc) is 2.66. The molecule has 2 rings (SSSR count). The first kappa shape index (κ1) is 21.6. The highest BCUT2D eigenvalue weighted by Gasteiger charge is 1.97. The van der Waals surface area contributed by atoms with E-state index < -0.39 is 0 Å². The number of nitrogens with two attached hydrogens (primary N) is 2. The van der Waals surface area contributed by atoms with Crippen LogP contribution in [-0.4, -0.2) is 33.2 Å². The molecule has 26 heavy (non-hydrogen) atoms. The van der Waals surface area contributed by atoms with Gasteiger partial charge in [0.1, 0.15) is 0 Å². The molecule has 2 aromatic carbocycles. The van der Waals surface area contributed by atoms with Gasteiger partial charge in [0.05, 0.1) is 20.1 Å². The average molecular weight is 359 g/mol. The summed E-state index contributed by atoms with van der Waals surface area (Å²) in [5.41, 5.74) is 15.1. The molecule has 0 spiro atoms. The van der Waals surface area contributed by atoms with E-state index in [1.807, 2.05) is 48.5 Å². The third kappa shape index (κ3) is 9.79. The van der Waals surface area contributed by atoms with E-state index in [2.05, 4.69) is 31.5 Å². The highest BCUT2D eigenvalue weighted by molar-refractivity contribution is 5.51. The molecular formula is C21H36N5+. The normalized spacial score (nSPS) is 11.2. The topological polar surface area (TPSA) is 80.5 Å². The summed E-state index contributed by atoms with van der Waals surface area (Å²) in [5.74, 6) is 0. The summed E-state index contributed by atoms with van der Waals surface area (Å²) in [4.78, 5) is 1.58. The molecule has 0 aromatic heterocycles. The van der Waals surface area contributed by atoms with Gasteiger partial charge in [-0.2, -0.15) is 0 Å². The predicted octanol–water partition coefficient (Wildman–Crippen LogP) is 2.70. The van der Waals surface area contributed by atoms with E-state index in [9.17, 15) is 0 Å². The quantitative estimate of drug-likeness (QED) is 0.353. The second kappa shape index (κ2) is 12.9. The van der Waals surface area contributed by atoms with Crippen molar-refractivity contribution in [1.82, 2.24) is 0 Å². The van der Waals surface area contributed by atoms with Gasteiger partial charge in [0.15, 0.2) is 0 Å². The molecule has 144 valence electrons. The maximum atomic E-state index is 5.61. The molecule has 1 unspecified atom stereocenters. The molecule has 1 atom stereocenters. The van der Waals surface area contributed by atoms with Gasteiger partial charge in [0, 0.05) is 42.3 Å². The molecule has 0 saturated heterocycles. The third-order valence-electron chi connectivity index (χ3n) is 4.11.